The van der Waals surface area contributed by atoms with E-state index >= 15 is 0 Å². The number of ether oxygens (including phenoxy) is 15. The van der Waals surface area contributed by atoms with E-state index in [-0.39, 0.29) is 0 Å². The van der Waals surface area contributed by atoms with E-state index in [2.05, 4.69) is 0 Å². The van der Waals surface area contributed by atoms with Gasteiger partial charge in [-0.2, -0.15) is 0 Å². The molecule has 1 unspecified atom stereocenters. The first-order valence-electron chi connectivity index (χ1n) is 28.2. The van der Waals surface area contributed by atoms with Crippen molar-refractivity contribution in [2.45, 2.75) is 246 Å². The molecule has 40 atom stereocenters. The average Bonchev–Trinajstić information content (AvgIpc) is 1.72. The highest BCUT2D eigenvalue weighted by molar-refractivity contribution is 5.01. The molecular formula is C48H82O41. The third-order valence-corrected chi connectivity index (χ3v) is 16.6. The summed E-state index contributed by atoms with van der Waals surface area (Å²) in [6.07, 6.45) is -79.1. The summed E-state index contributed by atoms with van der Waals surface area (Å²) >= 11 is 0. The lowest BCUT2D eigenvalue weighted by atomic mass is 9.95. The van der Waals surface area contributed by atoms with Crippen LogP contribution < -0.4 is 0 Å². The predicted octanol–water partition coefficient (Wildman–Crippen LogP) is -18.5. The molecule has 0 spiro atoms. The van der Waals surface area contributed by atoms with Gasteiger partial charge in [0.2, 0.25) is 0 Å². The molecule has 8 rings (SSSR count). The van der Waals surface area contributed by atoms with Gasteiger partial charge in [-0.1, -0.05) is 0 Å². The van der Waals surface area contributed by atoms with Crippen LogP contribution in [0.15, 0.2) is 0 Å². The Morgan fingerprint density at radius 2 is 0.393 bits per heavy atom. The zero-order chi connectivity index (χ0) is 65.4. The normalized spacial score (nSPS) is 53.6. The summed E-state index contributed by atoms with van der Waals surface area (Å²) in [5.41, 5.74) is 0. The number of aliphatic hydroxyl groups is 26. The fourth-order valence-electron chi connectivity index (χ4n) is 11.3. The van der Waals surface area contributed by atoms with Gasteiger partial charge in [-0.25, -0.2) is 0 Å². The van der Waals surface area contributed by atoms with E-state index in [1.54, 1.807) is 0 Å². The van der Waals surface area contributed by atoms with Gasteiger partial charge in [0, 0.05) is 0 Å². The van der Waals surface area contributed by atoms with Crippen LogP contribution >= 0.6 is 0 Å². The Morgan fingerprint density at radius 3 is 0.674 bits per heavy atom. The first-order chi connectivity index (χ1) is 42.2. The second-order valence-corrected chi connectivity index (χ2v) is 22.5. The molecule has 520 valence electrons. The van der Waals surface area contributed by atoms with Crippen molar-refractivity contribution in [2.75, 3.05) is 52.9 Å². The minimum absolute atomic E-state index is 0.818. The molecule has 0 aliphatic carbocycles. The molecule has 8 saturated heterocycles. The molecule has 0 bridgehead atoms. The molecule has 0 aromatic heterocycles. The summed E-state index contributed by atoms with van der Waals surface area (Å²) in [7, 11) is 0. The van der Waals surface area contributed by atoms with Gasteiger partial charge in [-0.05, 0) is 0 Å². The minimum Gasteiger partial charge on any atom is -0.394 e. The second kappa shape index (κ2) is 31.5. The predicted molar refractivity (Wildman–Crippen MR) is 264 cm³/mol. The Bertz CT molecular complexity index is 2120. The summed E-state index contributed by atoms with van der Waals surface area (Å²) in [5.74, 6) is 0. The zero-order valence-corrected chi connectivity index (χ0v) is 46.5. The van der Waals surface area contributed by atoms with E-state index in [9.17, 15) is 133 Å². The highest BCUT2D eigenvalue weighted by atomic mass is 16.8. The van der Waals surface area contributed by atoms with Gasteiger partial charge in [-0.3, -0.25) is 0 Å². The first-order valence-corrected chi connectivity index (χ1v) is 28.2. The molecule has 0 radical (unpaired) electrons. The summed E-state index contributed by atoms with van der Waals surface area (Å²) < 4.78 is 83.9. The van der Waals surface area contributed by atoms with E-state index in [4.69, 9.17) is 71.1 Å². The Balaban J connectivity index is 0.905. The fraction of sp³-hybridized carbons (Fsp3) is 1.00. The van der Waals surface area contributed by atoms with E-state index in [1.807, 2.05) is 0 Å². The maximum absolute atomic E-state index is 11.5. The number of aliphatic hydroxyl groups excluding tert-OH is 26. The van der Waals surface area contributed by atoms with Crippen molar-refractivity contribution in [2.24, 2.45) is 0 Å². The minimum atomic E-state index is -2.31. The van der Waals surface area contributed by atoms with Gasteiger partial charge in [0.15, 0.2) is 50.3 Å². The average molecular weight is 1320 g/mol. The maximum Gasteiger partial charge on any atom is 0.187 e. The van der Waals surface area contributed by atoms with E-state index < -0.39 is 299 Å². The van der Waals surface area contributed by atoms with Crippen LogP contribution in [-0.2, 0) is 71.1 Å². The molecule has 8 aliphatic heterocycles. The van der Waals surface area contributed by atoms with Crippen molar-refractivity contribution < 1.29 is 204 Å². The summed E-state index contributed by atoms with van der Waals surface area (Å²) in [5, 5.41) is 277. The Labute approximate surface area is 501 Å². The lowest BCUT2D eigenvalue weighted by molar-refractivity contribution is -0.397. The lowest BCUT2D eigenvalue weighted by Crippen LogP contribution is -2.68. The van der Waals surface area contributed by atoms with Gasteiger partial charge in [-0.15, -0.1) is 0 Å². The first kappa shape index (κ1) is 73.2. The monoisotopic (exact) mass is 1310 g/mol. The molecule has 8 aliphatic rings. The van der Waals surface area contributed by atoms with Crippen molar-refractivity contribution in [3.8, 4) is 0 Å². The second-order valence-electron chi connectivity index (χ2n) is 22.5. The van der Waals surface area contributed by atoms with Crippen LogP contribution in [0, 0.1) is 0 Å². The van der Waals surface area contributed by atoms with Gasteiger partial charge >= 0.3 is 0 Å². The molecule has 0 saturated carbocycles. The SMILES string of the molecule is OC[C@H]1O[C@H](OC[C@H]2O[C@@H](O[C@H]3[C@H](O)[C@H](O)[C@H](O[C@H]4[C@H](O)[C@H](O)[C@H](O[C@H]5[C@H](O)[C@H](O)[C@H](O[C@H]6[C@H](O)[C@H](O)C(O)O[C@@H]6CO[C@H]6O[C@H](CO)[C@H](O)[C@H](O)[C@H]6O)O[C@@H]5CO)O[C@@H]4CO)O[C@@H]3CO)[C@@H](O)[C@@H](O)[C@@H]2O[C@@H]2O[C@H](CO)[C@@H](O)[C@H](O)[C@@H]2O)[C@H](O)[C@@H](O)[C@H]1O. The van der Waals surface area contributed by atoms with E-state index in [0.717, 1.165) is 0 Å². The molecule has 26 N–H and O–H groups in total. The standard InChI is InChI=1S/C48H82O41/c49-1-9-17(55)20(58)29(67)42(78-9)75-7-15-39(23(61)28(66)41(74)77-15)88-47-34(72)26(64)37(13(5-53)83-47)86-45-32(70)24(62)36(12(4-52)81-45)85-46-33(71)25(63)38(14(6-54)82-46)87-48-35(73)27(65)40(89-44-31(69)22(60)19(57)11(3-51)80-44)16(84-48)8-76-43-30(68)21(59)18(56)10(2-50)79-43/h9-74H,1-8H2/t9-,10-,11-,12-,13-,14-,15-,16-,17+,18+,19-,20+,21+,22+,23-,24-,25-,26-,27-,28+,29-,30-,31+,32+,33+,34+,35+,36-,37-,38-,39-,40-,41?,42+,43+,44+,45+,46+,47+,48+/m1/s1. The fourth-order valence-corrected chi connectivity index (χ4v) is 11.3. The van der Waals surface area contributed by atoms with Crippen molar-refractivity contribution in [3.05, 3.63) is 0 Å². The molecule has 41 heteroatoms. The quantitative estimate of drug-likeness (QED) is 0.0479. The largest absolute Gasteiger partial charge is 0.394 e. The molecule has 41 nitrogen and oxygen atoms in total. The molecular weight excluding hydrogens is 1230 g/mol. The lowest BCUT2D eigenvalue weighted by Gasteiger charge is -2.50. The summed E-state index contributed by atoms with van der Waals surface area (Å²) in [6.45, 7) is -7.73. The van der Waals surface area contributed by atoms with Gasteiger partial charge in [0.1, 0.15) is 195 Å². The maximum atomic E-state index is 11.5. The van der Waals surface area contributed by atoms with Crippen LogP contribution in [0.5, 0.6) is 0 Å². The number of rotatable bonds is 22. The summed E-state index contributed by atoms with van der Waals surface area (Å²) in [6, 6.07) is 0. The molecule has 0 aromatic rings. The van der Waals surface area contributed by atoms with Crippen LogP contribution in [0.1, 0.15) is 0 Å². The van der Waals surface area contributed by atoms with E-state index in [1.165, 1.54) is 0 Å². The third kappa shape index (κ3) is 15.3. The summed E-state index contributed by atoms with van der Waals surface area (Å²) in [4.78, 5) is 0. The third-order valence-electron chi connectivity index (χ3n) is 16.6. The number of hydrogen-bond donors (Lipinski definition) is 26. The van der Waals surface area contributed by atoms with Crippen LogP contribution in [0.4, 0.5) is 0 Å². The van der Waals surface area contributed by atoms with Crippen molar-refractivity contribution in [1.82, 2.24) is 0 Å². The van der Waals surface area contributed by atoms with Gasteiger partial charge in [0.05, 0.1) is 52.9 Å². The van der Waals surface area contributed by atoms with Crippen molar-refractivity contribution in [3.63, 3.8) is 0 Å². The van der Waals surface area contributed by atoms with Crippen molar-refractivity contribution >= 4 is 0 Å². The number of hydrogen-bond acceptors (Lipinski definition) is 41. The highest BCUT2D eigenvalue weighted by Crippen LogP contribution is 2.38. The van der Waals surface area contributed by atoms with Crippen LogP contribution in [0.3, 0.4) is 0 Å². The van der Waals surface area contributed by atoms with Crippen LogP contribution in [-0.4, -0.2) is 431 Å². The molecule has 0 aromatic carbocycles. The zero-order valence-electron chi connectivity index (χ0n) is 46.5. The van der Waals surface area contributed by atoms with Crippen molar-refractivity contribution in [1.29, 1.82) is 0 Å². The Morgan fingerprint density at radius 1 is 0.191 bits per heavy atom. The van der Waals surface area contributed by atoms with E-state index in [0.29, 0.717) is 0 Å². The topological polar surface area (TPSA) is 664 Å². The molecule has 89 heavy (non-hydrogen) atoms. The van der Waals surface area contributed by atoms with Crippen LogP contribution in [0.2, 0.25) is 0 Å². The molecule has 8 heterocycles. The Kier molecular flexibility index (Phi) is 25.9. The van der Waals surface area contributed by atoms with Crippen LogP contribution in [0.25, 0.3) is 0 Å². The Hall–Kier alpha value is -1.64. The van der Waals surface area contributed by atoms with Gasteiger partial charge < -0.3 is 204 Å². The molecule has 8 fully saturated rings. The van der Waals surface area contributed by atoms with Gasteiger partial charge in [0.25, 0.3) is 0 Å². The molecule has 0 amide bonds. The smallest absolute Gasteiger partial charge is 0.187 e. The highest BCUT2D eigenvalue weighted by Gasteiger charge is 2.59.